The van der Waals surface area contributed by atoms with Gasteiger partial charge in [0.25, 0.3) is 0 Å². The van der Waals surface area contributed by atoms with Gasteiger partial charge in [-0.2, -0.15) is 0 Å². The summed E-state index contributed by atoms with van der Waals surface area (Å²) in [6.45, 7) is 38.4. The summed E-state index contributed by atoms with van der Waals surface area (Å²) in [5.74, 6) is 0.634. The summed E-state index contributed by atoms with van der Waals surface area (Å²) in [7, 11) is -4.00. The Kier molecular flexibility index (Phi) is 13.6. The summed E-state index contributed by atoms with van der Waals surface area (Å²) < 4.78 is 19.5. The molecular weight excluding hydrogens is 653 g/mol. The Morgan fingerprint density at radius 2 is 1.56 bits per heavy atom. The topological polar surface area (TPSA) is 61.8 Å². The van der Waals surface area contributed by atoms with Crippen LogP contribution < -0.4 is 0 Å². The Labute approximate surface area is 309 Å². The first kappa shape index (κ1) is 42.9. The van der Waals surface area contributed by atoms with Gasteiger partial charge >= 0.3 is 5.97 Å². The van der Waals surface area contributed by atoms with Crippen LogP contribution in [0.1, 0.15) is 128 Å². The highest BCUT2D eigenvalue weighted by atomic mass is 28.4. The van der Waals surface area contributed by atoms with E-state index in [4.69, 9.17) is 13.6 Å². The normalized spacial score (nSPS) is 29.5. The molecule has 0 aromatic carbocycles. The van der Waals surface area contributed by atoms with Gasteiger partial charge in [-0.3, -0.25) is 9.59 Å². The molecule has 3 aliphatic carbocycles. The van der Waals surface area contributed by atoms with Crippen molar-refractivity contribution in [3.63, 3.8) is 0 Å². The molecule has 5 nitrogen and oxygen atoms in total. The molecule has 3 rings (SSSR count). The van der Waals surface area contributed by atoms with E-state index in [-0.39, 0.29) is 39.4 Å². The fourth-order valence-corrected chi connectivity index (χ4v) is 10.6. The molecule has 0 aromatic heterocycles. The van der Waals surface area contributed by atoms with Gasteiger partial charge in [0.05, 0.1) is 18.8 Å². The minimum atomic E-state index is -2.02. The minimum Gasteiger partial charge on any atom is -0.465 e. The number of carbonyl (C=O) groups is 2. The molecule has 0 bridgehead atoms. The number of rotatable bonds is 12. The fourth-order valence-electron chi connectivity index (χ4n) is 7.97. The molecule has 0 radical (unpaired) electrons. The first-order valence-electron chi connectivity index (χ1n) is 19.6. The smallest absolute Gasteiger partial charge is 0.319 e. The number of ketones is 1. The molecule has 0 saturated heterocycles. The lowest BCUT2D eigenvalue weighted by Gasteiger charge is -2.45. The highest BCUT2D eigenvalue weighted by Crippen LogP contribution is 2.59. The van der Waals surface area contributed by atoms with Gasteiger partial charge in [0.15, 0.2) is 22.4 Å². The van der Waals surface area contributed by atoms with Crippen molar-refractivity contribution in [2.75, 3.05) is 6.61 Å². The molecule has 3 saturated carbocycles. The van der Waals surface area contributed by atoms with Crippen LogP contribution in [0.5, 0.6) is 0 Å². The predicted molar refractivity (Wildman–Crippen MR) is 215 cm³/mol. The van der Waals surface area contributed by atoms with E-state index in [0.717, 1.165) is 37.7 Å². The summed E-state index contributed by atoms with van der Waals surface area (Å²) in [6.07, 6.45) is 17.0. The van der Waals surface area contributed by atoms with Gasteiger partial charge in [0.2, 0.25) is 0 Å². The van der Waals surface area contributed by atoms with Crippen LogP contribution in [-0.2, 0) is 23.2 Å². The van der Waals surface area contributed by atoms with E-state index in [1.165, 1.54) is 24.8 Å². The lowest BCUT2D eigenvalue weighted by Crippen LogP contribution is -2.49. The van der Waals surface area contributed by atoms with Crippen LogP contribution in [0.3, 0.4) is 0 Å². The van der Waals surface area contributed by atoms with Crippen molar-refractivity contribution < 1.29 is 23.2 Å². The zero-order valence-corrected chi connectivity index (χ0v) is 36.8. The highest BCUT2D eigenvalue weighted by molar-refractivity contribution is 6.74. The lowest BCUT2D eigenvalue weighted by molar-refractivity contribution is -0.157. The molecule has 50 heavy (non-hydrogen) atoms. The molecule has 0 heterocycles. The molecule has 0 spiro atoms. The molecule has 0 N–H and O–H groups in total. The maximum absolute atomic E-state index is 13.1. The quantitative estimate of drug-likeness (QED) is 0.0867. The van der Waals surface area contributed by atoms with Gasteiger partial charge in [-0.25, -0.2) is 0 Å². The van der Waals surface area contributed by atoms with Gasteiger partial charge in [-0.15, -0.1) is 0 Å². The minimum absolute atomic E-state index is 0.0228. The average Bonchev–Trinajstić information content (AvgIpc) is 3.35. The maximum Gasteiger partial charge on any atom is 0.319 e. The van der Waals surface area contributed by atoms with E-state index in [0.29, 0.717) is 18.4 Å². The Balaban J connectivity index is 1.86. The number of allylic oxidation sites excluding steroid dienone is 5. The molecule has 284 valence electrons. The summed E-state index contributed by atoms with van der Waals surface area (Å²) in [4.78, 5) is 25.7. The fraction of sp³-hybridized carbons (Fsp3) is 0.767. The zero-order valence-electron chi connectivity index (χ0n) is 34.8. The maximum atomic E-state index is 13.1. The van der Waals surface area contributed by atoms with E-state index in [2.05, 4.69) is 106 Å². The van der Waals surface area contributed by atoms with Gasteiger partial charge in [0.1, 0.15) is 5.41 Å². The molecule has 0 aromatic rings. The van der Waals surface area contributed by atoms with Gasteiger partial charge in [-0.05, 0) is 135 Å². The number of hydrogen-bond acceptors (Lipinski definition) is 5. The Morgan fingerprint density at radius 1 is 0.960 bits per heavy atom. The first-order valence-corrected chi connectivity index (χ1v) is 25.4. The molecular formula is C43H74O5Si2. The van der Waals surface area contributed by atoms with Gasteiger partial charge < -0.3 is 13.6 Å². The summed E-state index contributed by atoms with van der Waals surface area (Å²) >= 11 is 0. The molecule has 0 amide bonds. The highest BCUT2D eigenvalue weighted by Gasteiger charge is 2.51. The molecule has 6 atom stereocenters. The summed E-state index contributed by atoms with van der Waals surface area (Å²) in [6, 6.07) is 0. The number of hydrogen-bond donors (Lipinski definition) is 0. The average molecular weight is 727 g/mol. The second-order valence-corrected chi connectivity index (χ2v) is 29.2. The van der Waals surface area contributed by atoms with Gasteiger partial charge in [-0.1, -0.05) is 92.7 Å². The Hall–Kier alpha value is -1.55. The van der Waals surface area contributed by atoms with Crippen LogP contribution in [-0.4, -0.2) is 47.2 Å². The molecule has 3 aliphatic rings. The second-order valence-electron chi connectivity index (χ2n) is 19.7. The van der Waals surface area contributed by atoms with Crippen LogP contribution in [0, 0.1) is 28.6 Å². The van der Waals surface area contributed by atoms with Crippen LogP contribution in [0.25, 0.3) is 0 Å². The molecule has 0 aliphatic heterocycles. The monoisotopic (exact) mass is 727 g/mol. The van der Waals surface area contributed by atoms with Crippen LogP contribution in [0.4, 0.5) is 0 Å². The van der Waals surface area contributed by atoms with Crippen molar-refractivity contribution in [2.24, 2.45) is 28.6 Å². The van der Waals surface area contributed by atoms with Crippen molar-refractivity contribution >= 4 is 28.4 Å². The Morgan fingerprint density at radius 3 is 2.14 bits per heavy atom. The van der Waals surface area contributed by atoms with E-state index in [9.17, 15) is 9.59 Å². The second kappa shape index (κ2) is 15.8. The zero-order chi connectivity index (χ0) is 38.1. The number of carbonyl (C=O) groups excluding carboxylic acids is 2. The SMILES string of the molecule is C=C1C(=CC=C2CCC[C@]3(C)[C@@H]([C@H](C)C=CC(=O)C(C)(C)C(=O)OCCC)CC[C@@H]23)C[C@@H](O[Si](C)(C)C(C)(C)C)C[C@@H]1O[Si](C)(C)C(C)(C)C. The largest absolute Gasteiger partial charge is 0.465 e. The summed E-state index contributed by atoms with van der Waals surface area (Å²) in [5, 5.41) is 0.263. The molecule has 0 unspecified atom stereocenters. The number of ether oxygens (including phenoxy) is 1. The van der Waals surface area contributed by atoms with Crippen LogP contribution >= 0.6 is 0 Å². The third-order valence-corrected chi connectivity index (χ3v) is 22.5. The van der Waals surface area contributed by atoms with Crippen molar-refractivity contribution in [3.05, 3.63) is 47.6 Å². The van der Waals surface area contributed by atoms with Crippen molar-refractivity contribution in [2.45, 2.75) is 176 Å². The van der Waals surface area contributed by atoms with Gasteiger partial charge in [0, 0.05) is 6.42 Å². The van der Waals surface area contributed by atoms with E-state index < -0.39 is 28.0 Å². The number of esters is 1. The first-order chi connectivity index (χ1) is 22.8. The van der Waals surface area contributed by atoms with E-state index in [1.54, 1.807) is 25.5 Å². The van der Waals surface area contributed by atoms with Crippen molar-refractivity contribution in [1.82, 2.24) is 0 Å². The van der Waals surface area contributed by atoms with Crippen LogP contribution in [0.2, 0.25) is 36.3 Å². The Bertz CT molecular complexity index is 1340. The van der Waals surface area contributed by atoms with Crippen molar-refractivity contribution in [1.29, 1.82) is 0 Å². The predicted octanol–water partition coefficient (Wildman–Crippen LogP) is 11.9. The third-order valence-electron chi connectivity index (χ3n) is 13.5. The standard InChI is InChI=1S/C43H74O5Si2/c1-17-27-46-39(45)42(10,11)38(44)25-20-30(2)35-23-24-36-32(19-18-26-43(35,36)12)21-22-33-28-34(47-49(13,14)40(4,5)6)29-37(31(33)3)48-50(15,16)41(7,8)9/h20-22,25,30,34-37H,3,17-19,23-24,26-29H2,1-2,4-16H3/t30-,34-,35-,36+,37+,43-/m1/s1. The molecule has 3 fully saturated rings. The number of fused-ring (bicyclic) bond motifs is 1. The lowest BCUT2D eigenvalue weighted by atomic mass is 9.61. The van der Waals surface area contributed by atoms with E-state index in [1.807, 2.05) is 6.92 Å². The molecule has 7 heteroatoms. The van der Waals surface area contributed by atoms with E-state index >= 15 is 0 Å². The van der Waals surface area contributed by atoms with Crippen LogP contribution in [0.15, 0.2) is 47.6 Å². The third kappa shape index (κ3) is 9.51. The summed E-state index contributed by atoms with van der Waals surface area (Å²) in [5.41, 5.74) is 2.98. The van der Waals surface area contributed by atoms with Crippen molar-refractivity contribution in [3.8, 4) is 0 Å².